The van der Waals surface area contributed by atoms with E-state index >= 15 is 0 Å². The van der Waals surface area contributed by atoms with Gasteiger partial charge in [0.15, 0.2) is 0 Å². The van der Waals surface area contributed by atoms with E-state index in [4.69, 9.17) is 0 Å². The van der Waals surface area contributed by atoms with Crippen LogP contribution in [-0.2, 0) is 6.54 Å². The summed E-state index contributed by atoms with van der Waals surface area (Å²) in [5.74, 6) is 4.84. The molecule has 2 nitrogen and oxygen atoms in total. The van der Waals surface area contributed by atoms with E-state index < -0.39 is 11.6 Å². The van der Waals surface area contributed by atoms with Crippen LogP contribution < -0.4 is 0 Å². The van der Waals surface area contributed by atoms with E-state index in [2.05, 4.69) is 21.8 Å². The predicted octanol–water partition coefficient (Wildman–Crippen LogP) is 4.38. The first-order chi connectivity index (χ1) is 12.2. The Morgan fingerprint density at radius 3 is 2.44 bits per heavy atom. The highest BCUT2D eigenvalue weighted by Crippen LogP contribution is 2.27. The highest BCUT2D eigenvalue weighted by atomic mass is 19.1. The Morgan fingerprint density at radius 2 is 1.68 bits per heavy atom. The Bertz CT molecular complexity index is 1020. The molecule has 25 heavy (non-hydrogen) atoms. The maximum absolute atomic E-state index is 13.5. The zero-order chi connectivity index (χ0) is 17.2. The third-order valence-electron chi connectivity index (χ3n) is 3.94. The molecule has 0 saturated carbocycles. The maximum Gasteiger partial charge on any atom is 0.126 e. The number of hydrogen-bond donors (Lipinski definition) is 0. The molecule has 1 aliphatic heterocycles. The Kier molecular flexibility index (Phi) is 3.83. The lowest BCUT2D eigenvalue weighted by molar-refractivity contribution is 0.584. The first-order valence-corrected chi connectivity index (χ1v) is 7.76. The first-order valence-electron chi connectivity index (χ1n) is 7.76. The van der Waals surface area contributed by atoms with E-state index in [-0.39, 0.29) is 0 Å². The summed E-state index contributed by atoms with van der Waals surface area (Å²) in [7, 11) is 0. The SMILES string of the molecule is Fc1cc(F)cc(-c2ccc3c(c2)C(C#Cc2ccccn2)=NC3)c1. The number of aliphatic imine (C=N–C) groups is 1. The van der Waals surface area contributed by atoms with Crippen LogP contribution in [0, 0.1) is 23.5 Å². The second-order valence-electron chi connectivity index (χ2n) is 5.66. The smallest absolute Gasteiger partial charge is 0.126 e. The summed E-state index contributed by atoms with van der Waals surface area (Å²) in [4.78, 5) is 8.62. The van der Waals surface area contributed by atoms with Crippen molar-refractivity contribution in [3.63, 3.8) is 0 Å². The van der Waals surface area contributed by atoms with Crippen molar-refractivity contribution in [2.24, 2.45) is 4.99 Å². The minimum absolute atomic E-state index is 0.490. The molecule has 3 aromatic rings. The molecule has 2 aromatic carbocycles. The Labute approximate surface area is 143 Å². The number of aromatic nitrogens is 1. The quantitative estimate of drug-likeness (QED) is 0.608. The number of halogens is 2. The largest absolute Gasteiger partial charge is 0.271 e. The zero-order valence-corrected chi connectivity index (χ0v) is 13.1. The lowest BCUT2D eigenvalue weighted by Gasteiger charge is -2.06. The van der Waals surface area contributed by atoms with Gasteiger partial charge in [-0.05, 0) is 58.9 Å². The van der Waals surface area contributed by atoms with Gasteiger partial charge in [-0.2, -0.15) is 0 Å². The van der Waals surface area contributed by atoms with Gasteiger partial charge in [0.2, 0.25) is 0 Å². The monoisotopic (exact) mass is 330 g/mol. The Balaban J connectivity index is 1.71. The lowest BCUT2D eigenvalue weighted by Crippen LogP contribution is -1.96. The van der Waals surface area contributed by atoms with E-state index in [1.807, 2.05) is 36.4 Å². The van der Waals surface area contributed by atoms with Crippen molar-refractivity contribution in [2.75, 3.05) is 0 Å². The molecule has 4 rings (SSSR count). The van der Waals surface area contributed by atoms with Crippen molar-refractivity contribution in [1.29, 1.82) is 0 Å². The minimum Gasteiger partial charge on any atom is -0.271 e. The van der Waals surface area contributed by atoms with Crippen LogP contribution in [0.4, 0.5) is 8.78 Å². The fraction of sp³-hybridized carbons (Fsp3) is 0.0476. The first kappa shape index (κ1) is 15.2. The molecule has 4 heteroatoms. The van der Waals surface area contributed by atoms with Crippen molar-refractivity contribution < 1.29 is 8.78 Å². The number of pyridine rings is 1. The molecular weight excluding hydrogens is 318 g/mol. The number of fused-ring (bicyclic) bond motifs is 1. The molecule has 2 heterocycles. The van der Waals surface area contributed by atoms with Gasteiger partial charge in [-0.1, -0.05) is 18.2 Å². The van der Waals surface area contributed by atoms with Crippen LogP contribution in [0.5, 0.6) is 0 Å². The molecule has 1 aliphatic rings. The summed E-state index contributed by atoms with van der Waals surface area (Å²) in [6.07, 6.45) is 1.69. The van der Waals surface area contributed by atoms with Crippen molar-refractivity contribution >= 4 is 5.71 Å². The van der Waals surface area contributed by atoms with E-state index in [1.54, 1.807) is 6.20 Å². The van der Waals surface area contributed by atoms with Gasteiger partial charge >= 0.3 is 0 Å². The molecule has 1 aromatic heterocycles. The van der Waals surface area contributed by atoms with Crippen molar-refractivity contribution in [1.82, 2.24) is 4.98 Å². The van der Waals surface area contributed by atoms with Crippen molar-refractivity contribution in [2.45, 2.75) is 6.54 Å². The van der Waals surface area contributed by atoms with E-state index in [0.29, 0.717) is 23.5 Å². The topological polar surface area (TPSA) is 25.2 Å². The fourth-order valence-corrected chi connectivity index (χ4v) is 2.75. The number of rotatable bonds is 1. The van der Waals surface area contributed by atoms with Crippen LogP contribution in [0.15, 0.2) is 65.8 Å². The van der Waals surface area contributed by atoms with E-state index in [1.165, 1.54) is 12.1 Å². The molecule has 0 amide bonds. The molecule has 0 N–H and O–H groups in total. The van der Waals surface area contributed by atoms with Crippen LogP contribution in [0.3, 0.4) is 0 Å². The van der Waals surface area contributed by atoms with Crippen molar-refractivity contribution in [3.8, 4) is 23.0 Å². The normalized spacial score (nSPS) is 12.2. The van der Waals surface area contributed by atoms with Gasteiger partial charge in [-0.25, -0.2) is 13.8 Å². The second-order valence-corrected chi connectivity index (χ2v) is 5.66. The fourth-order valence-electron chi connectivity index (χ4n) is 2.75. The Morgan fingerprint density at radius 1 is 0.840 bits per heavy atom. The summed E-state index contributed by atoms with van der Waals surface area (Å²) in [6, 6.07) is 14.7. The summed E-state index contributed by atoms with van der Waals surface area (Å²) < 4.78 is 27.0. The summed E-state index contributed by atoms with van der Waals surface area (Å²) in [6.45, 7) is 0.555. The average molecular weight is 330 g/mol. The molecule has 0 aliphatic carbocycles. The zero-order valence-electron chi connectivity index (χ0n) is 13.1. The predicted molar refractivity (Wildman–Crippen MR) is 93.2 cm³/mol. The molecule has 0 fully saturated rings. The van der Waals surface area contributed by atoms with Crippen LogP contribution in [-0.4, -0.2) is 10.7 Å². The summed E-state index contributed by atoms with van der Waals surface area (Å²) in [5, 5.41) is 0. The minimum atomic E-state index is -0.598. The molecule has 120 valence electrons. The highest BCUT2D eigenvalue weighted by molar-refractivity contribution is 6.16. The molecular formula is C21H12F2N2. The van der Waals surface area contributed by atoms with Crippen LogP contribution in [0.1, 0.15) is 16.8 Å². The summed E-state index contributed by atoms with van der Waals surface area (Å²) in [5.41, 5.74) is 4.49. The van der Waals surface area contributed by atoms with Crippen LogP contribution >= 0.6 is 0 Å². The number of benzene rings is 2. The van der Waals surface area contributed by atoms with Gasteiger partial charge in [0.1, 0.15) is 23.0 Å². The average Bonchev–Trinajstić information content (AvgIpc) is 3.02. The molecule has 0 atom stereocenters. The van der Waals surface area contributed by atoms with Gasteiger partial charge in [0.05, 0.1) is 6.54 Å². The lowest BCUT2D eigenvalue weighted by atomic mass is 9.98. The van der Waals surface area contributed by atoms with E-state index in [0.717, 1.165) is 22.8 Å². The highest BCUT2D eigenvalue weighted by Gasteiger charge is 2.15. The third-order valence-corrected chi connectivity index (χ3v) is 3.94. The van der Waals surface area contributed by atoms with E-state index in [9.17, 15) is 8.78 Å². The van der Waals surface area contributed by atoms with Gasteiger partial charge in [-0.3, -0.25) is 4.99 Å². The molecule has 0 spiro atoms. The third kappa shape index (κ3) is 3.17. The molecule has 0 bridgehead atoms. The maximum atomic E-state index is 13.5. The summed E-state index contributed by atoms with van der Waals surface area (Å²) >= 11 is 0. The van der Waals surface area contributed by atoms with Gasteiger partial charge in [0, 0.05) is 17.8 Å². The second kappa shape index (κ2) is 6.29. The molecule has 0 unspecified atom stereocenters. The molecule has 0 radical (unpaired) electrons. The van der Waals surface area contributed by atoms with Gasteiger partial charge < -0.3 is 0 Å². The molecule has 0 saturated heterocycles. The van der Waals surface area contributed by atoms with Crippen molar-refractivity contribution in [3.05, 3.63) is 89.2 Å². The van der Waals surface area contributed by atoms with Gasteiger partial charge in [0.25, 0.3) is 0 Å². The standard InChI is InChI=1S/C21H12F2N2/c22-17-9-16(10-18(23)12-17)14-4-5-15-13-25-21(20(15)11-14)7-6-19-3-1-2-8-24-19/h1-5,8-12H,13H2. The number of hydrogen-bond acceptors (Lipinski definition) is 2. The number of nitrogens with zero attached hydrogens (tertiary/aromatic N) is 2. The van der Waals surface area contributed by atoms with Crippen LogP contribution in [0.2, 0.25) is 0 Å². The Hall–Kier alpha value is -3.32. The van der Waals surface area contributed by atoms with Crippen LogP contribution in [0.25, 0.3) is 11.1 Å². The van der Waals surface area contributed by atoms with Gasteiger partial charge in [-0.15, -0.1) is 0 Å².